The molecule has 5 nitrogen and oxygen atoms in total. The van der Waals surface area contributed by atoms with Gasteiger partial charge in [-0.25, -0.2) is 9.18 Å². The van der Waals surface area contributed by atoms with Gasteiger partial charge in [-0.3, -0.25) is 4.79 Å². The number of rotatable bonds is 5. The molecule has 21 heavy (non-hydrogen) atoms. The third kappa shape index (κ3) is 4.18. The number of nitrogens with one attached hydrogen (secondary N) is 1. The summed E-state index contributed by atoms with van der Waals surface area (Å²) in [6.45, 7) is 1.55. The average Bonchev–Trinajstić information content (AvgIpc) is 2.90. The van der Waals surface area contributed by atoms with Gasteiger partial charge in [-0.2, -0.15) is 0 Å². The van der Waals surface area contributed by atoms with E-state index in [1.165, 1.54) is 6.07 Å². The fourth-order valence-corrected chi connectivity index (χ4v) is 2.40. The highest BCUT2D eigenvalue weighted by atomic mass is 19.1. The minimum Gasteiger partial charge on any atom is -0.481 e. The predicted molar refractivity (Wildman–Crippen MR) is 73.8 cm³/mol. The Kier molecular flexibility index (Phi) is 4.77. The highest BCUT2D eigenvalue weighted by Crippen LogP contribution is 2.20. The number of halogens is 1. The van der Waals surface area contributed by atoms with E-state index in [0.29, 0.717) is 0 Å². The van der Waals surface area contributed by atoms with Crippen molar-refractivity contribution in [3.63, 3.8) is 0 Å². The molecule has 0 saturated heterocycles. The number of carboxylic acid groups (broad SMARTS) is 1. The van der Waals surface area contributed by atoms with Crippen LogP contribution in [0.5, 0.6) is 5.75 Å². The van der Waals surface area contributed by atoms with Crippen molar-refractivity contribution in [1.82, 2.24) is 5.32 Å². The summed E-state index contributed by atoms with van der Waals surface area (Å²) in [5.74, 6) is -2.21. The first kappa shape index (κ1) is 15.3. The zero-order valence-corrected chi connectivity index (χ0v) is 11.8. The van der Waals surface area contributed by atoms with E-state index in [2.05, 4.69) is 5.32 Å². The van der Waals surface area contributed by atoms with Crippen molar-refractivity contribution in [3.8, 4) is 5.75 Å². The van der Waals surface area contributed by atoms with Crippen LogP contribution in [0, 0.1) is 5.82 Å². The van der Waals surface area contributed by atoms with E-state index in [0.717, 1.165) is 37.8 Å². The van der Waals surface area contributed by atoms with Gasteiger partial charge < -0.3 is 15.2 Å². The van der Waals surface area contributed by atoms with Crippen molar-refractivity contribution in [2.45, 2.75) is 44.8 Å². The largest absolute Gasteiger partial charge is 0.481 e. The number of carbonyl (C=O) groups is 2. The third-order valence-corrected chi connectivity index (χ3v) is 3.50. The Labute approximate surface area is 122 Å². The molecule has 0 heterocycles. The molecule has 1 aromatic carbocycles. The van der Waals surface area contributed by atoms with Gasteiger partial charge in [-0.15, -0.1) is 0 Å². The minimum atomic E-state index is -1.25. The zero-order valence-electron chi connectivity index (χ0n) is 11.8. The van der Waals surface area contributed by atoms with Gasteiger partial charge in [0.2, 0.25) is 0 Å². The van der Waals surface area contributed by atoms with Gasteiger partial charge in [-0.1, -0.05) is 12.8 Å². The maximum absolute atomic E-state index is 13.3. The fraction of sp³-hybridized carbons (Fsp3) is 0.467. The Hall–Kier alpha value is -2.11. The highest BCUT2D eigenvalue weighted by molar-refractivity contribution is 5.88. The molecule has 1 fully saturated rings. The second-order valence-corrected chi connectivity index (χ2v) is 5.23. The molecular weight excluding hydrogens is 277 g/mol. The Balaban J connectivity index is 1.99. The summed E-state index contributed by atoms with van der Waals surface area (Å²) in [6.07, 6.45) is 3.32. The summed E-state index contributed by atoms with van der Waals surface area (Å²) in [7, 11) is 0. The van der Waals surface area contributed by atoms with E-state index in [1.807, 2.05) is 0 Å². The van der Waals surface area contributed by atoms with E-state index in [-0.39, 0.29) is 23.3 Å². The lowest BCUT2D eigenvalue weighted by molar-refractivity contribution is -0.127. The number of amides is 1. The molecule has 1 atom stereocenters. The molecule has 0 aliphatic heterocycles. The van der Waals surface area contributed by atoms with E-state index in [1.54, 1.807) is 6.92 Å². The normalized spacial score (nSPS) is 16.5. The van der Waals surface area contributed by atoms with Crippen molar-refractivity contribution < 1.29 is 23.8 Å². The van der Waals surface area contributed by atoms with Gasteiger partial charge in [0.15, 0.2) is 6.10 Å². The molecule has 1 saturated carbocycles. The van der Waals surface area contributed by atoms with Gasteiger partial charge in [0, 0.05) is 12.1 Å². The van der Waals surface area contributed by atoms with Crippen LogP contribution in [0.4, 0.5) is 4.39 Å². The van der Waals surface area contributed by atoms with Crippen molar-refractivity contribution in [1.29, 1.82) is 0 Å². The third-order valence-electron chi connectivity index (χ3n) is 3.50. The van der Waals surface area contributed by atoms with Crippen LogP contribution in [0.15, 0.2) is 18.2 Å². The molecule has 2 N–H and O–H groups in total. The van der Waals surface area contributed by atoms with E-state index in [9.17, 15) is 14.0 Å². The monoisotopic (exact) mass is 295 g/mol. The Morgan fingerprint density at radius 3 is 2.62 bits per heavy atom. The van der Waals surface area contributed by atoms with Crippen molar-refractivity contribution in [2.24, 2.45) is 0 Å². The first-order valence-electron chi connectivity index (χ1n) is 6.96. The molecule has 6 heteroatoms. The number of hydrogen-bond donors (Lipinski definition) is 2. The van der Waals surface area contributed by atoms with Crippen molar-refractivity contribution >= 4 is 11.9 Å². The lowest BCUT2D eigenvalue weighted by atomic mass is 10.2. The van der Waals surface area contributed by atoms with Gasteiger partial charge in [-0.05, 0) is 31.9 Å². The smallest absolute Gasteiger partial charge is 0.335 e. The maximum Gasteiger partial charge on any atom is 0.335 e. The molecule has 0 radical (unpaired) electrons. The van der Waals surface area contributed by atoms with Crippen LogP contribution >= 0.6 is 0 Å². The Morgan fingerprint density at radius 1 is 1.33 bits per heavy atom. The predicted octanol–water partition coefficient (Wildman–Crippen LogP) is 2.35. The minimum absolute atomic E-state index is 0.0291. The summed E-state index contributed by atoms with van der Waals surface area (Å²) in [5.41, 5.74) is -0.214. The SMILES string of the molecule is CC(Oc1cc(F)cc(C(=O)O)c1)C(=O)NC1CCCC1. The van der Waals surface area contributed by atoms with Crippen LogP contribution in [0.2, 0.25) is 0 Å². The second kappa shape index (κ2) is 6.56. The van der Waals surface area contributed by atoms with Crippen LogP contribution in [0.3, 0.4) is 0 Å². The number of carbonyl (C=O) groups excluding carboxylic acids is 1. The summed E-state index contributed by atoms with van der Waals surface area (Å²) >= 11 is 0. The molecule has 0 bridgehead atoms. The first-order chi connectivity index (χ1) is 9.95. The van der Waals surface area contributed by atoms with Gasteiger partial charge in [0.05, 0.1) is 5.56 Å². The highest BCUT2D eigenvalue weighted by Gasteiger charge is 2.22. The van der Waals surface area contributed by atoms with Crippen LogP contribution in [0.1, 0.15) is 43.0 Å². The van der Waals surface area contributed by atoms with Gasteiger partial charge >= 0.3 is 5.97 Å². The molecule has 0 aromatic heterocycles. The van der Waals surface area contributed by atoms with Gasteiger partial charge in [0.1, 0.15) is 11.6 Å². The average molecular weight is 295 g/mol. The Bertz CT molecular complexity index is 540. The molecule has 0 spiro atoms. The second-order valence-electron chi connectivity index (χ2n) is 5.23. The van der Waals surface area contributed by atoms with E-state index in [4.69, 9.17) is 9.84 Å². The van der Waals surface area contributed by atoms with Crippen molar-refractivity contribution in [3.05, 3.63) is 29.6 Å². The number of benzene rings is 1. The number of aromatic carboxylic acids is 1. The zero-order chi connectivity index (χ0) is 15.4. The van der Waals surface area contributed by atoms with Crippen molar-refractivity contribution in [2.75, 3.05) is 0 Å². The Morgan fingerprint density at radius 2 is 2.00 bits per heavy atom. The first-order valence-corrected chi connectivity index (χ1v) is 6.96. The molecule has 2 rings (SSSR count). The van der Waals surface area contributed by atoms with Crippen LogP contribution in [-0.4, -0.2) is 29.1 Å². The standard InChI is InChI=1S/C15H18FNO4/c1-9(14(18)17-12-4-2-3-5-12)21-13-7-10(15(19)20)6-11(16)8-13/h6-9,12H,2-5H2,1H3,(H,17,18)(H,19,20). The number of ether oxygens (including phenoxy) is 1. The fourth-order valence-electron chi connectivity index (χ4n) is 2.40. The molecule has 1 amide bonds. The van der Waals surface area contributed by atoms with Crippen LogP contribution < -0.4 is 10.1 Å². The number of hydrogen-bond acceptors (Lipinski definition) is 3. The molecule has 1 aromatic rings. The van der Waals surface area contributed by atoms with E-state index < -0.39 is 17.9 Å². The quantitative estimate of drug-likeness (QED) is 0.874. The molecule has 114 valence electrons. The molecule has 1 aliphatic rings. The molecule has 1 unspecified atom stereocenters. The van der Waals surface area contributed by atoms with E-state index >= 15 is 0 Å². The van der Waals surface area contributed by atoms with Gasteiger partial charge in [0.25, 0.3) is 5.91 Å². The van der Waals surface area contributed by atoms with Crippen LogP contribution in [-0.2, 0) is 4.79 Å². The molecule has 1 aliphatic carbocycles. The summed E-state index contributed by atoms with van der Waals surface area (Å²) in [4.78, 5) is 22.8. The summed E-state index contributed by atoms with van der Waals surface area (Å²) < 4.78 is 18.7. The summed E-state index contributed by atoms with van der Waals surface area (Å²) in [5, 5.41) is 11.7. The lowest BCUT2D eigenvalue weighted by Crippen LogP contribution is -2.41. The maximum atomic E-state index is 13.3. The number of carboxylic acids is 1. The van der Waals surface area contributed by atoms with Crippen LogP contribution in [0.25, 0.3) is 0 Å². The summed E-state index contributed by atoms with van der Waals surface area (Å²) in [6, 6.07) is 3.33. The topological polar surface area (TPSA) is 75.6 Å². The lowest BCUT2D eigenvalue weighted by Gasteiger charge is -2.18. The molecular formula is C15H18FNO4.